The number of anilines is 2. The van der Waals surface area contributed by atoms with Crippen molar-refractivity contribution >= 4 is 39.0 Å². The second-order valence-corrected chi connectivity index (χ2v) is 12.2. The summed E-state index contributed by atoms with van der Waals surface area (Å²) in [6, 6.07) is 9.94. The molecule has 3 aromatic rings. The Hall–Kier alpha value is -3.53. The molecular weight excluding hydrogens is 535 g/mol. The summed E-state index contributed by atoms with van der Waals surface area (Å²) in [6.07, 6.45) is 1.21. The number of rotatable bonds is 4. The van der Waals surface area contributed by atoms with Gasteiger partial charge in [0, 0.05) is 18.1 Å². The molecule has 2 aromatic carbocycles. The zero-order chi connectivity index (χ0) is 27.2. The third-order valence-corrected chi connectivity index (χ3v) is 9.01. The molecule has 0 spiro atoms. The summed E-state index contributed by atoms with van der Waals surface area (Å²) >= 11 is 5.97. The van der Waals surface area contributed by atoms with Gasteiger partial charge in [-0.25, -0.2) is 12.8 Å². The van der Waals surface area contributed by atoms with Crippen molar-refractivity contribution in [2.24, 2.45) is 11.1 Å². The number of nitrogens with zero attached hydrogens (tertiary/aromatic N) is 5. The predicted molar refractivity (Wildman–Crippen MR) is 138 cm³/mol. The Kier molecular flexibility index (Phi) is 6.63. The van der Waals surface area contributed by atoms with E-state index in [1.807, 2.05) is 11.8 Å². The number of nitrogens with two attached hydrogens (primary N) is 1. The van der Waals surface area contributed by atoms with Crippen molar-refractivity contribution in [1.29, 1.82) is 5.26 Å². The summed E-state index contributed by atoms with van der Waals surface area (Å²) in [4.78, 5) is 15.9. The van der Waals surface area contributed by atoms with E-state index in [1.165, 1.54) is 11.0 Å². The average Bonchev–Trinajstić information content (AvgIpc) is 3.36. The van der Waals surface area contributed by atoms with Crippen molar-refractivity contribution in [3.63, 3.8) is 0 Å². The lowest BCUT2D eigenvalue weighted by atomic mass is 9.82. The number of hydrogen-bond acceptors (Lipinski definition) is 9. The highest BCUT2D eigenvalue weighted by Gasteiger charge is 2.38. The smallest absolute Gasteiger partial charge is 0.318 e. The van der Waals surface area contributed by atoms with Crippen molar-refractivity contribution < 1.29 is 22.0 Å². The Morgan fingerprint density at radius 2 is 1.92 bits per heavy atom. The third-order valence-electron chi connectivity index (χ3n) is 6.96. The molecule has 0 aliphatic carbocycles. The Balaban J connectivity index is 1.54. The first-order valence-electron chi connectivity index (χ1n) is 11.9. The first kappa shape index (κ1) is 26.1. The lowest BCUT2D eigenvalue weighted by Gasteiger charge is -2.33. The first-order valence-corrected chi connectivity index (χ1v) is 13.9. The minimum atomic E-state index is -4.09. The van der Waals surface area contributed by atoms with Gasteiger partial charge in [-0.05, 0) is 49.6 Å². The van der Waals surface area contributed by atoms with E-state index in [9.17, 15) is 18.5 Å². The molecule has 0 bridgehead atoms. The van der Waals surface area contributed by atoms with Crippen LogP contribution in [0.5, 0.6) is 0 Å². The molecule has 1 saturated heterocycles. The fourth-order valence-electron chi connectivity index (χ4n) is 4.57. The largest absolute Gasteiger partial charge is 0.403 e. The van der Waals surface area contributed by atoms with Gasteiger partial charge in [0.1, 0.15) is 5.82 Å². The highest BCUT2D eigenvalue weighted by atomic mass is 35.5. The summed E-state index contributed by atoms with van der Waals surface area (Å²) in [5.74, 6) is -2.35. The van der Waals surface area contributed by atoms with E-state index >= 15 is 4.39 Å². The maximum absolute atomic E-state index is 15.3. The van der Waals surface area contributed by atoms with Crippen LogP contribution in [0.3, 0.4) is 0 Å². The first-order chi connectivity index (χ1) is 18.0. The van der Waals surface area contributed by atoms with Crippen molar-refractivity contribution in [2.75, 3.05) is 28.6 Å². The van der Waals surface area contributed by atoms with Gasteiger partial charge in [-0.1, -0.05) is 28.8 Å². The van der Waals surface area contributed by atoms with Gasteiger partial charge in [-0.3, -0.25) is 4.79 Å². The van der Waals surface area contributed by atoms with E-state index in [1.54, 1.807) is 24.3 Å². The van der Waals surface area contributed by atoms with E-state index < -0.39 is 38.8 Å². The molecule has 13 heteroatoms. The van der Waals surface area contributed by atoms with Crippen molar-refractivity contribution in [3.8, 4) is 17.5 Å². The van der Waals surface area contributed by atoms with Gasteiger partial charge in [0.2, 0.25) is 5.91 Å². The highest BCUT2D eigenvalue weighted by Crippen LogP contribution is 2.38. The van der Waals surface area contributed by atoms with Crippen LogP contribution in [0, 0.1) is 22.6 Å². The zero-order valence-electron chi connectivity index (χ0n) is 20.4. The van der Waals surface area contributed by atoms with E-state index in [-0.39, 0.29) is 34.6 Å². The Bertz CT molecular complexity index is 1540. The number of amides is 1. The maximum atomic E-state index is 15.3. The molecule has 1 aromatic heterocycles. The minimum absolute atomic E-state index is 0.0161. The van der Waals surface area contributed by atoms with Crippen LogP contribution in [0.4, 0.5) is 16.1 Å². The lowest BCUT2D eigenvalue weighted by Crippen LogP contribution is -2.45. The van der Waals surface area contributed by atoms with Gasteiger partial charge in [0.15, 0.2) is 9.84 Å². The van der Waals surface area contributed by atoms with E-state index in [0.717, 1.165) is 6.07 Å². The van der Waals surface area contributed by atoms with Crippen LogP contribution >= 0.6 is 11.6 Å². The van der Waals surface area contributed by atoms with Crippen LogP contribution in [-0.2, 0) is 21.2 Å². The second-order valence-electron chi connectivity index (χ2n) is 9.79. The third kappa shape index (κ3) is 4.84. The normalized spacial score (nSPS) is 20.5. The molecule has 0 unspecified atom stereocenters. The van der Waals surface area contributed by atoms with Crippen LogP contribution < -0.4 is 15.5 Å². The average molecular weight is 559 g/mol. The molecular formula is C25H24ClFN6O4S. The molecule has 38 heavy (non-hydrogen) atoms. The van der Waals surface area contributed by atoms with Gasteiger partial charge < -0.3 is 20.0 Å². The number of sulfone groups is 1. The summed E-state index contributed by atoms with van der Waals surface area (Å²) in [7, 11) is -4.09. The number of aromatic nitrogens is 2. The zero-order valence-corrected chi connectivity index (χ0v) is 22.0. The van der Waals surface area contributed by atoms with Crippen LogP contribution in [0.15, 0.2) is 45.7 Å². The topological polar surface area (TPSA) is 146 Å². The van der Waals surface area contributed by atoms with Crippen LogP contribution in [-0.4, -0.2) is 49.4 Å². The number of carbonyl (C=O) groups is 1. The molecule has 2 N–H and O–H groups in total. The van der Waals surface area contributed by atoms with Gasteiger partial charge in [-0.15, -0.1) is 5.10 Å². The Morgan fingerprint density at radius 3 is 2.58 bits per heavy atom. The summed E-state index contributed by atoms with van der Waals surface area (Å²) in [5.41, 5.74) is 6.00. The number of carbonyl (C=O) groups excluding carboxylic acids is 1. The van der Waals surface area contributed by atoms with E-state index in [4.69, 9.17) is 21.8 Å². The second kappa shape index (κ2) is 9.65. The number of halogens is 2. The molecule has 1 atom stereocenters. The van der Waals surface area contributed by atoms with Crippen molar-refractivity contribution in [3.05, 3.63) is 52.8 Å². The fourth-order valence-corrected chi connectivity index (χ4v) is 6.27. The summed E-state index contributed by atoms with van der Waals surface area (Å²) < 4.78 is 47.2. The van der Waals surface area contributed by atoms with E-state index in [0.29, 0.717) is 36.5 Å². The molecule has 1 fully saturated rings. The van der Waals surface area contributed by atoms with Gasteiger partial charge >= 0.3 is 6.01 Å². The van der Waals surface area contributed by atoms with Crippen molar-refractivity contribution in [2.45, 2.75) is 37.2 Å². The molecule has 198 valence electrons. The number of benzene rings is 2. The predicted octanol–water partition coefficient (Wildman–Crippen LogP) is 3.31. The quantitative estimate of drug-likeness (QED) is 0.509. The molecule has 0 radical (unpaired) electrons. The Labute approximate surface area is 223 Å². The van der Waals surface area contributed by atoms with Gasteiger partial charge in [0.05, 0.1) is 46.0 Å². The van der Waals surface area contributed by atoms with Crippen molar-refractivity contribution in [1.82, 2.24) is 10.2 Å². The van der Waals surface area contributed by atoms with Crippen LogP contribution in [0.1, 0.15) is 25.3 Å². The van der Waals surface area contributed by atoms with Gasteiger partial charge in [-0.2, -0.15) is 5.26 Å². The van der Waals surface area contributed by atoms with E-state index in [2.05, 4.69) is 16.3 Å². The molecule has 2 aliphatic rings. The number of piperidine rings is 1. The number of hydrogen-bond donors (Lipinski definition) is 1. The fraction of sp³-hybridized carbons (Fsp3) is 0.360. The highest BCUT2D eigenvalue weighted by molar-refractivity contribution is 7.91. The number of fused-ring (bicyclic) bond motifs is 1. The minimum Gasteiger partial charge on any atom is -0.403 e. The molecule has 2 aliphatic heterocycles. The SMILES string of the molecule is CC1(C#N)CCN(c2nnc(-c3cc4c(cc3F)S(=O)(=O)C[C@H](N)C(=O)N4Cc3ccc(Cl)cc3)o2)CC1. The van der Waals surface area contributed by atoms with Crippen LogP contribution in [0.2, 0.25) is 5.02 Å². The molecule has 3 heterocycles. The summed E-state index contributed by atoms with van der Waals surface area (Å²) in [6.45, 7) is 2.90. The number of nitriles is 1. The molecule has 10 nitrogen and oxygen atoms in total. The van der Waals surface area contributed by atoms with Crippen LogP contribution in [0.25, 0.3) is 11.5 Å². The summed E-state index contributed by atoms with van der Waals surface area (Å²) in [5, 5.41) is 17.9. The molecule has 5 rings (SSSR count). The Morgan fingerprint density at radius 1 is 1.24 bits per heavy atom. The van der Waals surface area contributed by atoms with Gasteiger partial charge in [0.25, 0.3) is 5.89 Å². The standard InChI is InChI=1S/C25H24ClFN6O4S/c1-25(14-28)6-8-32(9-7-25)24-31-30-22(37-24)17-10-20-21(11-18(17)27)38(35,36)13-19(29)23(34)33(20)12-15-2-4-16(26)5-3-15/h2-5,10-11,19H,6-9,12-13,29H2,1H3/t19-/m0/s1. The maximum Gasteiger partial charge on any atom is 0.318 e. The molecule has 0 saturated carbocycles. The molecule has 1 amide bonds. The lowest BCUT2D eigenvalue weighted by molar-refractivity contribution is -0.119. The monoisotopic (exact) mass is 558 g/mol.